The van der Waals surface area contributed by atoms with Crippen LogP contribution in [0.2, 0.25) is 0 Å². The molecule has 0 heterocycles. The van der Waals surface area contributed by atoms with Crippen molar-refractivity contribution in [2.75, 3.05) is 13.2 Å². The molecule has 0 saturated heterocycles. The van der Waals surface area contributed by atoms with E-state index in [2.05, 4.69) is 22.6 Å². The third-order valence-corrected chi connectivity index (χ3v) is 3.54. The maximum absolute atomic E-state index is 11.9. The molecule has 1 aliphatic carbocycles. The van der Waals surface area contributed by atoms with E-state index in [4.69, 9.17) is 4.74 Å². The number of halogens is 1. The van der Waals surface area contributed by atoms with Gasteiger partial charge in [0.15, 0.2) is 6.61 Å². The molecule has 4 heteroatoms. The Bertz CT molecular complexity index is 387. The first-order valence-corrected chi connectivity index (χ1v) is 6.96. The molecule has 1 fully saturated rings. The van der Waals surface area contributed by atoms with Gasteiger partial charge in [-0.1, -0.05) is 0 Å². The van der Waals surface area contributed by atoms with Crippen LogP contribution in [-0.4, -0.2) is 30.0 Å². The van der Waals surface area contributed by atoms with Crippen molar-refractivity contribution in [3.63, 3.8) is 0 Å². The number of likely N-dealkylation sites (N-methyl/N-ethyl adjacent to an activating group) is 1. The molecular formula is C13H16INO2. The van der Waals surface area contributed by atoms with Gasteiger partial charge in [0, 0.05) is 16.2 Å². The van der Waals surface area contributed by atoms with Crippen LogP contribution >= 0.6 is 22.6 Å². The molecule has 1 saturated carbocycles. The van der Waals surface area contributed by atoms with Gasteiger partial charge in [-0.15, -0.1) is 0 Å². The van der Waals surface area contributed by atoms with Gasteiger partial charge in [-0.25, -0.2) is 0 Å². The number of carbonyl (C=O) groups excluding carboxylic acids is 1. The average molecular weight is 345 g/mol. The minimum atomic E-state index is 0.0913. The molecule has 0 aromatic heterocycles. The molecule has 1 amide bonds. The summed E-state index contributed by atoms with van der Waals surface area (Å²) in [6, 6.07) is 8.19. The van der Waals surface area contributed by atoms with E-state index in [0.717, 1.165) is 28.7 Å². The second-order valence-electron chi connectivity index (χ2n) is 4.15. The smallest absolute Gasteiger partial charge is 0.260 e. The third-order valence-electron chi connectivity index (χ3n) is 2.82. The molecular weight excluding hydrogens is 329 g/mol. The maximum atomic E-state index is 11.9. The molecule has 0 bridgehead atoms. The van der Waals surface area contributed by atoms with Gasteiger partial charge in [-0.2, -0.15) is 0 Å². The summed E-state index contributed by atoms with van der Waals surface area (Å²) in [4.78, 5) is 13.8. The van der Waals surface area contributed by atoms with Crippen molar-refractivity contribution in [2.45, 2.75) is 25.8 Å². The van der Waals surface area contributed by atoms with E-state index >= 15 is 0 Å². The van der Waals surface area contributed by atoms with Crippen LogP contribution in [0.15, 0.2) is 24.3 Å². The summed E-state index contributed by atoms with van der Waals surface area (Å²) in [6.07, 6.45) is 2.28. The third kappa shape index (κ3) is 3.59. The zero-order valence-corrected chi connectivity index (χ0v) is 12.0. The normalized spacial score (nSPS) is 14.5. The highest BCUT2D eigenvalue weighted by molar-refractivity contribution is 14.1. The molecule has 1 aromatic carbocycles. The summed E-state index contributed by atoms with van der Waals surface area (Å²) in [5, 5.41) is 0. The largest absolute Gasteiger partial charge is 0.484 e. The fourth-order valence-corrected chi connectivity index (χ4v) is 2.14. The molecule has 0 N–H and O–H groups in total. The molecule has 0 unspecified atom stereocenters. The van der Waals surface area contributed by atoms with Crippen molar-refractivity contribution >= 4 is 28.5 Å². The Balaban J connectivity index is 1.84. The van der Waals surface area contributed by atoms with Crippen molar-refractivity contribution in [1.82, 2.24) is 4.90 Å². The predicted molar refractivity (Wildman–Crippen MR) is 75.1 cm³/mol. The monoisotopic (exact) mass is 345 g/mol. The first-order valence-electron chi connectivity index (χ1n) is 5.88. The van der Waals surface area contributed by atoms with Crippen molar-refractivity contribution < 1.29 is 9.53 Å². The lowest BCUT2D eigenvalue weighted by Crippen LogP contribution is -2.36. The van der Waals surface area contributed by atoms with E-state index in [1.54, 1.807) is 0 Å². The molecule has 2 rings (SSSR count). The highest BCUT2D eigenvalue weighted by atomic mass is 127. The number of hydrogen-bond donors (Lipinski definition) is 0. The lowest BCUT2D eigenvalue weighted by molar-refractivity contribution is -0.133. The molecule has 92 valence electrons. The standard InChI is InChI=1S/C13H16INO2/c1-2-15(11-5-6-11)13(16)9-17-12-7-3-10(14)4-8-12/h3-4,7-8,11H,2,5-6,9H2,1H3. The summed E-state index contributed by atoms with van der Waals surface area (Å²) in [7, 11) is 0. The number of hydrogen-bond acceptors (Lipinski definition) is 2. The lowest BCUT2D eigenvalue weighted by atomic mass is 10.3. The topological polar surface area (TPSA) is 29.5 Å². The molecule has 0 radical (unpaired) electrons. The second-order valence-corrected chi connectivity index (χ2v) is 5.40. The van der Waals surface area contributed by atoms with Gasteiger partial charge in [0.2, 0.25) is 0 Å². The summed E-state index contributed by atoms with van der Waals surface area (Å²) in [6.45, 7) is 2.94. The summed E-state index contributed by atoms with van der Waals surface area (Å²) in [5.74, 6) is 0.846. The Morgan fingerprint density at radius 2 is 2.06 bits per heavy atom. The van der Waals surface area contributed by atoms with Crippen LogP contribution < -0.4 is 4.74 Å². The molecule has 0 aliphatic heterocycles. The molecule has 1 aliphatic rings. The average Bonchev–Trinajstić information content (AvgIpc) is 3.14. The SMILES string of the molecule is CCN(C(=O)COc1ccc(I)cc1)C1CC1. The minimum Gasteiger partial charge on any atom is -0.484 e. The van der Waals surface area contributed by atoms with Crippen LogP contribution in [0.3, 0.4) is 0 Å². The molecule has 3 nitrogen and oxygen atoms in total. The van der Waals surface area contributed by atoms with E-state index in [1.165, 1.54) is 0 Å². The molecule has 0 spiro atoms. The second kappa shape index (κ2) is 5.71. The quantitative estimate of drug-likeness (QED) is 0.768. The van der Waals surface area contributed by atoms with Crippen LogP contribution in [0.25, 0.3) is 0 Å². The fraction of sp³-hybridized carbons (Fsp3) is 0.462. The van der Waals surface area contributed by atoms with Gasteiger partial charge in [-0.3, -0.25) is 4.79 Å². The Hall–Kier alpha value is -0.780. The van der Waals surface area contributed by atoms with E-state index in [9.17, 15) is 4.79 Å². The van der Waals surface area contributed by atoms with Crippen LogP contribution in [0, 0.1) is 3.57 Å². The summed E-state index contributed by atoms with van der Waals surface area (Å²) < 4.78 is 6.65. The Kier molecular flexibility index (Phi) is 4.25. The van der Waals surface area contributed by atoms with Crippen LogP contribution in [0.5, 0.6) is 5.75 Å². The molecule has 1 aromatic rings. The summed E-state index contributed by atoms with van der Waals surface area (Å²) in [5.41, 5.74) is 0. The minimum absolute atomic E-state index is 0.0913. The number of amides is 1. The maximum Gasteiger partial charge on any atom is 0.260 e. The number of ether oxygens (including phenoxy) is 1. The zero-order chi connectivity index (χ0) is 12.3. The summed E-state index contributed by atoms with van der Waals surface area (Å²) >= 11 is 2.24. The number of carbonyl (C=O) groups is 1. The predicted octanol–water partition coefficient (Wildman–Crippen LogP) is 2.68. The number of nitrogens with zero attached hydrogens (tertiary/aromatic N) is 1. The fourth-order valence-electron chi connectivity index (χ4n) is 1.78. The van der Waals surface area contributed by atoms with Gasteiger partial charge < -0.3 is 9.64 Å². The highest BCUT2D eigenvalue weighted by Crippen LogP contribution is 2.26. The van der Waals surface area contributed by atoms with Crippen molar-refractivity contribution in [3.8, 4) is 5.75 Å². The number of rotatable bonds is 5. The molecule has 0 atom stereocenters. The van der Waals surface area contributed by atoms with Gasteiger partial charge in [0.05, 0.1) is 0 Å². The first kappa shape index (κ1) is 12.7. The van der Waals surface area contributed by atoms with E-state index in [1.807, 2.05) is 36.1 Å². The zero-order valence-electron chi connectivity index (χ0n) is 9.86. The van der Waals surface area contributed by atoms with E-state index < -0.39 is 0 Å². The number of benzene rings is 1. The Labute approximate surface area is 115 Å². The van der Waals surface area contributed by atoms with Crippen LogP contribution in [0.4, 0.5) is 0 Å². The van der Waals surface area contributed by atoms with Gasteiger partial charge >= 0.3 is 0 Å². The highest BCUT2D eigenvalue weighted by Gasteiger charge is 2.31. The van der Waals surface area contributed by atoms with E-state index in [-0.39, 0.29) is 12.5 Å². The van der Waals surface area contributed by atoms with Crippen LogP contribution in [0.1, 0.15) is 19.8 Å². The van der Waals surface area contributed by atoms with E-state index in [0.29, 0.717) is 6.04 Å². The van der Waals surface area contributed by atoms with Crippen molar-refractivity contribution in [3.05, 3.63) is 27.8 Å². The van der Waals surface area contributed by atoms with Gasteiger partial charge in [0.25, 0.3) is 5.91 Å². The van der Waals surface area contributed by atoms with Gasteiger partial charge in [-0.05, 0) is 66.6 Å². The van der Waals surface area contributed by atoms with Gasteiger partial charge in [0.1, 0.15) is 5.75 Å². The van der Waals surface area contributed by atoms with Crippen LogP contribution in [-0.2, 0) is 4.79 Å². The first-order chi connectivity index (χ1) is 8.20. The lowest BCUT2D eigenvalue weighted by Gasteiger charge is -2.20. The molecule has 17 heavy (non-hydrogen) atoms. The van der Waals surface area contributed by atoms with Crippen molar-refractivity contribution in [2.24, 2.45) is 0 Å². The van der Waals surface area contributed by atoms with Crippen molar-refractivity contribution in [1.29, 1.82) is 0 Å². The Morgan fingerprint density at radius 3 is 2.59 bits per heavy atom. The Morgan fingerprint density at radius 1 is 1.41 bits per heavy atom.